The van der Waals surface area contributed by atoms with Crippen LogP contribution >= 0.6 is 0 Å². The van der Waals surface area contributed by atoms with E-state index in [1.54, 1.807) is 18.5 Å². The van der Waals surface area contributed by atoms with Gasteiger partial charge in [-0.25, -0.2) is 0 Å². The third-order valence-electron chi connectivity index (χ3n) is 5.54. The summed E-state index contributed by atoms with van der Waals surface area (Å²) in [5.74, 6) is 0. The van der Waals surface area contributed by atoms with Crippen molar-refractivity contribution in [1.82, 2.24) is 9.97 Å². The monoisotopic (exact) mass is 412 g/mol. The lowest BCUT2D eigenvalue weighted by molar-refractivity contribution is 1.33. The van der Waals surface area contributed by atoms with Crippen LogP contribution in [0.25, 0.3) is 33.4 Å². The highest BCUT2D eigenvalue weighted by Crippen LogP contribution is 2.30. The molecule has 1 aliphatic carbocycles. The van der Waals surface area contributed by atoms with E-state index in [9.17, 15) is 0 Å². The Balaban J connectivity index is 1.46. The molecular formula is C28H20N4. The normalized spacial score (nSPS) is 13.5. The van der Waals surface area contributed by atoms with Gasteiger partial charge in [0.1, 0.15) is 0 Å². The van der Waals surface area contributed by atoms with Crippen LogP contribution in [0.1, 0.15) is 11.1 Å². The van der Waals surface area contributed by atoms with E-state index in [1.165, 1.54) is 0 Å². The minimum atomic E-state index is 0.213. The van der Waals surface area contributed by atoms with E-state index in [4.69, 9.17) is 10.8 Å². The number of hydrogen-bond acceptors (Lipinski definition) is 4. The average molecular weight is 412 g/mol. The zero-order valence-electron chi connectivity index (χ0n) is 17.3. The molecule has 2 aromatic carbocycles. The van der Waals surface area contributed by atoms with Gasteiger partial charge in [0.05, 0.1) is 11.4 Å². The molecule has 0 radical (unpaired) electrons. The van der Waals surface area contributed by atoms with Crippen LogP contribution in [0.4, 0.5) is 0 Å². The zero-order chi connectivity index (χ0) is 21.9. The predicted molar refractivity (Wildman–Crippen MR) is 131 cm³/mol. The molecule has 0 amide bonds. The van der Waals surface area contributed by atoms with Crippen LogP contribution in [0.2, 0.25) is 0 Å². The first kappa shape index (κ1) is 19.5. The SMILES string of the molecule is N=C1C=C(c2ccc(-c3cccnc3)cc2)C=C(c2ccc(-c3cccnc3)cc2)C1=N. The van der Waals surface area contributed by atoms with Gasteiger partial charge >= 0.3 is 0 Å². The highest BCUT2D eigenvalue weighted by molar-refractivity contribution is 6.61. The highest BCUT2D eigenvalue weighted by atomic mass is 14.6. The Morgan fingerprint density at radius 1 is 0.500 bits per heavy atom. The third kappa shape index (κ3) is 3.82. The van der Waals surface area contributed by atoms with Crippen molar-refractivity contribution < 1.29 is 0 Å². The van der Waals surface area contributed by atoms with Gasteiger partial charge in [0, 0.05) is 30.4 Å². The van der Waals surface area contributed by atoms with Gasteiger partial charge < -0.3 is 0 Å². The Hall–Kier alpha value is -4.44. The van der Waals surface area contributed by atoms with Crippen molar-refractivity contribution in [3.05, 3.63) is 121 Å². The molecule has 0 saturated heterocycles. The van der Waals surface area contributed by atoms with E-state index in [0.29, 0.717) is 0 Å². The summed E-state index contributed by atoms with van der Waals surface area (Å²) in [6.07, 6.45) is 11.0. The maximum Gasteiger partial charge on any atom is 0.0867 e. The van der Waals surface area contributed by atoms with Gasteiger partial charge in [0.25, 0.3) is 0 Å². The van der Waals surface area contributed by atoms with Crippen molar-refractivity contribution in [2.24, 2.45) is 0 Å². The van der Waals surface area contributed by atoms with E-state index in [1.807, 2.05) is 67.0 Å². The Morgan fingerprint density at radius 2 is 1.00 bits per heavy atom. The summed E-state index contributed by atoms with van der Waals surface area (Å²) in [7, 11) is 0. The topological polar surface area (TPSA) is 73.5 Å². The molecular weight excluding hydrogens is 392 g/mol. The number of benzene rings is 2. The van der Waals surface area contributed by atoms with Crippen LogP contribution in [-0.4, -0.2) is 21.4 Å². The van der Waals surface area contributed by atoms with Gasteiger partial charge in [-0.3, -0.25) is 20.8 Å². The van der Waals surface area contributed by atoms with E-state index in [0.717, 1.165) is 44.5 Å². The fourth-order valence-corrected chi connectivity index (χ4v) is 3.80. The van der Waals surface area contributed by atoms with Crippen LogP contribution in [0.15, 0.2) is 110 Å². The quantitative estimate of drug-likeness (QED) is 0.384. The lowest BCUT2D eigenvalue weighted by atomic mass is 9.87. The molecule has 0 spiro atoms. The molecule has 0 aliphatic heterocycles. The van der Waals surface area contributed by atoms with Crippen LogP contribution in [0.5, 0.6) is 0 Å². The molecule has 1 aliphatic rings. The molecule has 5 rings (SSSR count). The molecule has 2 N–H and O–H groups in total. The molecule has 0 unspecified atom stereocenters. The minimum absolute atomic E-state index is 0.213. The fraction of sp³-hybridized carbons (Fsp3) is 0. The van der Waals surface area contributed by atoms with E-state index in [2.05, 4.69) is 34.2 Å². The van der Waals surface area contributed by atoms with Crippen LogP contribution in [0.3, 0.4) is 0 Å². The van der Waals surface area contributed by atoms with Gasteiger partial charge in [-0.1, -0.05) is 60.7 Å². The second-order valence-corrected chi connectivity index (χ2v) is 7.58. The molecule has 0 bridgehead atoms. The van der Waals surface area contributed by atoms with E-state index >= 15 is 0 Å². The fourth-order valence-electron chi connectivity index (χ4n) is 3.80. The smallest absolute Gasteiger partial charge is 0.0867 e. The summed E-state index contributed by atoms with van der Waals surface area (Å²) >= 11 is 0. The van der Waals surface area contributed by atoms with Gasteiger partial charge in [-0.05, 0) is 63.2 Å². The molecule has 4 nitrogen and oxygen atoms in total. The number of pyridine rings is 2. The number of allylic oxidation sites excluding steroid dienone is 4. The zero-order valence-corrected chi connectivity index (χ0v) is 17.3. The minimum Gasteiger partial charge on any atom is -0.299 e. The number of aromatic nitrogens is 2. The molecule has 152 valence electrons. The van der Waals surface area contributed by atoms with Crippen LogP contribution in [0, 0.1) is 10.8 Å². The molecule has 4 heteroatoms. The first-order chi connectivity index (χ1) is 15.7. The Labute approximate surface area is 186 Å². The first-order valence-corrected chi connectivity index (χ1v) is 10.3. The molecule has 0 saturated carbocycles. The van der Waals surface area contributed by atoms with E-state index in [-0.39, 0.29) is 11.4 Å². The average Bonchev–Trinajstić information content (AvgIpc) is 2.87. The van der Waals surface area contributed by atoms with Gasteiger partial charge in [0.15, 0.2) is 0 Å². The van der Waals surface area contributed by atoms with Crippen molar-refractivity contribution >= 4 is 22.6 Å². The van der Waals surface area contributed by atoms with Crippen molar-refractivity contribution in [1.29, 1.82) is 10.8 Å². The number of nitrogens with zero attached hydrogens (tertiary/aromatic N) is 2. The van der Waals surface area contributed by atoms with Crippen molar-refractivity contribution in [2.75, 3.05) is 0 Å². The standard InChI is InChI=1S/C28H20N4/c29-27-16-25(21-7-5-19(6-8-21)23-3-1-13-31-17-23)15-26(28(27)30)22-11-9-20(10-12-22)24-4-2-14-32-18-24/h1-18,29-30H. The predicted octanol–water partition coefficient (Wildman–Crippen LogP) is 6.33. The summed E-state index contributed by atoms with van der Waals surface area (Å²) in [5, 5.41) is 16.8. The van der Waals surface area contributed by atoms with Crippen molar-refractivity contribution in [2.45, 2.75) is 0 Å². The van der Waals surface area contributed by atoms with Crippen molar-refractivity contribution in [3.8, 4) is 22.3 Å². The summed E-state index contributed by atoms with van der Waals surface area (Å²) in [6, 6.07) is 24.2. The summed E-state index contributed by atoms with van der Waals surface area (Å²) in [6.45, 7) is 0. The Bertz CT molecular complexity index is 1350. The lowest BCUT2D eigenvalue weighted by Crippen LogP contribution is -2.15. The van der Waals surface area contributed by atoms with Crippen LogP contribution < -0.4 is 0 Å². The van der Waals surface area contributed by atoms with Gasteiger partial charge in [0.2, 0.25) is 0 Å². The summed E-state index contributed by atoms with van der Waals surface area (Å²) < 4.78 is 0. The van der Waals surface area contributed by atoms with Crippen molar-refractivity contribution in [3.63, 3.8) is 0 Å². The molecule has 0 atom stereocenters. The molecule has 0 fully saturated rings. The number of rotatable bonds is 4. The first-order valence-electron chi connectivity index (χ1n) is 10.3. The number of nitrogens with one attached hydrogen (secondary N) is 2. The summed E-state index contributed by atoms with van der Waals surface area (Å²) in [4.78, 5) is 8.36. The summed E-state index contributed by atoms with van der Waals surface area (Å²) in [5.41, 5.74) is 8.34. The molecule has 4 aromatic rings. The Kier molecular flexibility index (Phi) is 5.10. The molecule has 32 heavy (non-hydrogen) atoms. The van der Waals surface area contributed by atoms with Gasteiger partial charge in [-0.15, -0.1) is 0 Å². The second kappa shape index (κ2) is 8.36. The Morgan fingerprint density at radius 3 is 1.50 bits per heavy atom. The maximum absolute atomic E-state index is 8.45. The van der Waals surface area contributed by atoms with E-state index < -0.39 is 0 Å². The largest absolute Gasteiger partial charge is 0.299 e. The number of hydrogen-bond donors (Lipinski definition) is 2. The third-order valence-corrected chi connectivity index (χ3v) is 5.54. The lowest BCUT2D eigenvalue weighted by Gasteiger charge is -2.17. The van der Waals surface area contributed by atoms with Gasteiger partial charge in [-0.2, -0.15) is 0 Å². The van der Waals surface area contributed by atoms with Crippen LogP contribution in [-0.2, 0) is 0 Å². The molecule has 2 heterocycles. The highest BCUT2D eigenvalue weighted by Gasteiger charge is 2.18. The molecule has 2 aromatic heterocycles. The second-order valence-electron chi connectivity index (χ2n) is 7.58. The maximum atomic E-state index is 8.45.